The first-order chi connectivity index (χ1) is 22.7. The second kappa shape index (κ2) is 13.3. The van der Waals surface area contributed by atoms with Crippen LogP contribution in [-0.4, -0.2) is 9.97 Å². The van der Waals surface area contributed by atoms with Crippen molar-refractivity contribution in [2.24, 2.45) is 0 Å². The maximum Gasteiger partial charge on any atom is 0.160 e. The number of hydrogen-bond acceptors (Lipinski definition) is 2. The first-order valence-electron chi connectivity index (χ1n) is 16.3. The standard InChI is InChI=1S/C44H38N2/c1-2-3-15-33-16-11-12-21-40(33)34-22-26-38(27-23-34)44(30-13-6-14-31-44)39-28-24-37(25-29-39)43-45-41(35-17-7-4-8-18-35)32-42(46-43)36-19-9-5-10-20-36/h2-5,7-12,15-29,32H,1,6,13-14,30-31H2/b15-3-. The van der Waals surface area contributed by atoms with Crippen LogP contribution in [0.5, 0.6) is 0 Å². The monoisotopic (exact) mass is 594 g/mol. The summed E-state index contributed by atoms with van der Waals surface area (Å²) in [6, 6.07) is 49.8. The van der Waals surface area contributed by atoms with Gasteiger partial charge in [-0.15, -0.1) is 0 Å². The molecule has 46 heavy (non-hydrogen) atoms. The average molecular weight is 595 g/mol. The lowest BCUT2D eigenvalue weighted by atomic mass is 9.65. The van der Waals surface area contributed by atoms with E-state index in [2.05, 4.69) is 140 Å². The Morgan fingerprint density at radius 3 is 1.61 bits per heavy atom. The van der Waals surface area contributed by atoms with E-state index in [9.17, 15) is 0 Å². The first-order valence-corrected chi connectivity index (χ1v) is 16.3. The minimum atomic E-state index is -0.000483. The van der Waals surface area contributed by atoms with Crippen molar-refractivity contribution in [2.45, 2.75) is 37.5 Å². The van der Waals surface area contributed by atoms with E-state index in [-0.39, 0.29) is 5.41 Å². The second-order valence-electron chi connectivity index (χ2n) is 12.2. The SMILES string of the molecule is C=C/C=C\c1ccccc1-c1ccc(C2(c3ccc(-c4nc(-c5ccccc5)cc(-c5ccccc5)n4)cc3)CCCCC2)cc1. The number of hydrogen-bond donors (Lipinski definition) is 0. The second-order valence-corrected chi connectivity index (χ2v) is 12.2. The Kier molecular flexibility index (Phi) is 8.52. The van der Waals surface area contributed by atoms with Crippen LogP contribution in [0.15, 0.2) is 158 Å². The Labute approximate surface area is 272 Å². The first kappa shape index (κ1) is 29.4. The highest BCUT2D eigenvalue weighted by molar-refractivity contribution is 5.76. The molecule has 1 fully saturated rings. The predicted molar refractivity (Wildman–Crippen MR) is 193 cm³/mol. The summed E-state index contributed by atoms with van der Waals surface area (Å²) in [6.07, 6.45) is 12.0. The molecule has 0 radical (unpaired) electrons. The molecule has 1 aliphatic rings. The van der Waals surface area contributed by atoms with Crippen molar-refractivity contribution in [1.82, 2.24) is 9.97 Å². The molecule has 5 aromatic carbocycles. The van der Waals surface area contributed by atoms with Gasteiger partial charge in [0.1, 0.15) is 0 Å². The lowest BCUT2D eigenvalue weighted by Gasteiger charge is -2.39. The van der Waals surface area contributed by atoms with Crippen LogP contribution in [0.25, 0.3) is 51.1 Å². The molecule has 0 spiro atoms. The van der Waals surface area contributed by atoms with Crippen molar-refractivity contribution in [1.29, 1.82) is 0 Å². The van der Waals surface area contributed by atoms with Gasteiger partial charge in [0.15, 0.2) is 5.82 Å². The van der Waals surface area contributed by atoms with E-state index in [0.29, 0.717) is 0 Å². The van der Waals surface area contributed by atoms with Crippen molar-refractivity contribution in [3.05, 3.63) is 175 Å². The Balaban J connectivity index is 1.25. The number of nitrogens with zero attached hydrogens (tertiary/aromatic N) is 2. The Hall–Kier alpha value is -5.34. The van der Waals surface area contributed by atoms with Gasteiger partial charge in [-0.05, 0) is 46.7 Å². The Morgan fingerprint density at radius 1 is 0.522 bits per heavy atom. The molecule has 1 aliphatic carbocycles. The molecule has 0 saturated heterocycles. The van der Waals surface area contributed by atoms with Crippen molar-refractivity contribution in [3.8, 4) is 45.0 Å². The average Bonchev–Trinajstić information content (AvgIpc) is 3.15. The quantitative estimate of drug-likeness (QED) is 0.164. The summed E-state index contributed by atoms with van der Waals surface area (Å²) in [6.45, 7) is 3.84. The van der Waals surface area contributed by atoms with Crippen molar-refractivity contribution >= 4 is 6.08 Å². The van der Waals surface area contributed by atoms with E-state index in [1.54, 1.807) is 0 Å². The third-order valence-corrected chi connectivity index (χ3v) is 9.39. The minimum Gasteiger partial charge on any atom is -0.228 e. The molecule has 6 aromatic rings. The van der Waals surface area contributed by atoms with Gasteiger partial charge in [0, 0.05) is 22.1 Å². The molecule has 0 aliphatic heterocycles. The maximum absolute atomic E-state index is 5.06. The number of allylic oxidation sites excluding steroid dienone is 2. The lowest BCUT2D eigenvalue weighted by molar-refractivity contribution is 0.346. The summed E-state index contributed by atoms with van der Waals surface area (Å²) in [4.78, 5) is 10.1. The van der Waals surface area contributed by atoms with Gasteiger partial charge in [0.2, 0.25) is 0 Å². The zero-order chi connectivity index (χ0) is 31.2. The third-order valence-electron chi connectivity index (χ3n) is 9.39. The molecule has 0 N–H and O–H groups in total. The summed E-state index contributed by atoms with van der Waals surface area (Å²) < 4.78 is 0. The van der Waals surface area contributed by atoms with Gasteiger partial charge in [0.05, 0.1) is 11.4 Å². The summed E-state index contributed by atoms with van der Waals surface area (Å²) in [5.41, 5.74) is 11.5. The van der Waals surface area contributed by atoms with Crippen molar-refractivity contribution < 1.29 is 0 Å². The lowest BCUT2D eigenvalue weighted by Crippen LogP contribution is -2.30. The molecule has 2 nitrogen and oxygen atoms in total. The fourth-order valence-electron chi connectivity index (χ4n) is 6.97. The number of aromatic nitrogens is 2. The van der Waals surface area contributed by atoms with Crippen molar-refractivity contribution in [2.75, 3.05) is 0 Å². The van der Waals surface area contributed by atoms with Gasteiger partial charge in [-0.2, -0.15) is 0 Å². The molecule has 0 atom stereocenters. The van der Waals surface area contributed by atoms with Crippen LogP contribution >= 0.6 is 0 Å². The summed E-state index contributed by atoms with van der Waals surface area (Å²) in [7, 11) is 0. The molecule has 7 rings (SSSR count). The van der Waals surface area contributed by atoms with Crippen LogP contribution in [0.4, 0.5) is 0 Å². The molecule has 224 valence electrons. The molecular weight excluding hydrogens is 556 g/mol. The van der Waals surface area contributed by atoms with Crippen molar-refractivity contribution in [3.63, 3.8) is 0 Å². The fraction of sp³-hybridized carbons (Fsp3) is 0.136. The van der Waals surface area contributed by atoms with E-state index in [0.717, 1.165) is 46.7 Å². The normalized spacial score (nSPS) is 14.3. The maximum atomic E-state index is 5.06. The Bertz CT molecular complexity index is 1890. The zero-order valence-corrected chi connectivity index (χ0v) is 26.1. The molecule has 0 amide bonds. The smallest absolute Gasteiger partial charge is 0.160 e. The molecule has 1 saturated carbocycles. The summed E-state index contributed by atoms with van der Waals surface area (Å²) in [5, 5.41) is 0. The minimum absolute atomic E-state index is 0.000483. The molecule has 1 aromatic heterocycles. The van der Waals surface area contributed by atoms with Crippen LogP contribution in [0.3, 0.4) is 0 Å². The molecule has 1 heterocycles. The van der Waals surface area contributed by atoms with Crippen LogP contribution < -0.4 is 0 Å². The van der Waals surface area contributed by atoms with Crippen LogP contribution in [0, 0.1) is 0 Å². The van der Waals surface area contributed by atoms with E-state index >= 15 is 0 Å². The highest BCUT2D eigenvalue weighted by atomic mass is 14.9. The molecular formula is C44H38N2. The van der Waals surface area contributed by atoms with Gasteiger partial charge in [-0.3, -0.25) is 0 Å². The molecule has 2 heteroatoms. The van der Waals surface area contributed by atoms with Gasteiger partial charge >= 0.3 is 0 Å². The largest absolute Gasteiger partial charge is 0.228 e. The highest BCUT2D eigenvalue weighted by Gasteiger charge is 2.35. The predicted octanol–water partition coefficient (Wildman–Crippen LogP) is 11.6. The molecule has 0 bridgehead atoms. The van der Waals surface area contributed by atoms with Gasteiger partial charge in [0.25, 0.3) is 0 Å². The zero-order valence-electron chi connectivity index (χ0n) is 26.1. The van der Waals surface area contributed by atoms with Crippen LogP contribution in [0.2, 0.25) is 0 Å². The number of rotatable bonds is 8. The molecule has 0 unspecified atom stereocenters. The summed E-state index contributed by atoms with van der Waals surface area (Å²) in [5.74, 6) is 0.748. The van der Waals surface area contributed by atoms with E-state index in [1.807, 2.05) is 24.3 Å². The topological polar surface area (TPSA) is 25.8 Å². The van der Waals surface area contributed by atoms with Gasteiger partial charge in [-0.1, -0.05) is 178 Å². The van der Waals surface area contributed by atoms with Crippen LogP contribution in [0.1, 0.15) is 48.8 Å². The van der Waals surface area contributed by atoms with Gasteiger partial charge in [-0.25, -0.2) is 9.97 Å². The highest BCUT2D eigenvalue weighted by Crippen LogP contribution is 2.46. The Morgan fingerprint density at radius 2 is 1.04 bits per heavy atom. The van der Waals surface area contributed by atoms with E-state index in [1.165, 1.54) is 47.1 Å². The summed E-state index contributed by atoms with van der Waals surface area (Å²) >= 11 is 0. The van der Waals surface area contributed by atoms with E-state index in [4.69, 9.17) is 9.97 Å². The fourth-order valence-corrected chi connectivity index (χ4v) is 6.97. The third kappa shape index (κ3) is 5.99. The van der Waals surface area contributed by atoms with Crippen LogP contribution in [-0.2, 0) is 5.41 Å². The number of benzene rings is 5. The van der Waals surface area contributed by atoms with Gasteiger partial charge < -0.3 is 0 Å². The van der Waals surface area contributed by atoms with E-state index < -0.39 is 0 Å².